The first-order valence-corrected chi connectivity index (χ1v) is 7.82. The third-order valence-electron chi connectivity index (χ3n) is 3.49. The Morgan fingerprint density at radius 1 is 1.18 bits per heavy atom. The molecule has 5 nitrogen and oxygen atoms in total. The minimum Gasteiger partial charge on any atom is -0.372 e. The molecule has 0 bridgehead atoms. The summed E-state index contributed by atoms with van der Waals surface area (Å²) in [4.78, 5) is 15.8. The minimum absolute atomic E-state index is 0.0263. The Bertz CT molecular complexity index is 319. The summed E-state index contributed by atoms with van der Waals surface area (Å²) >= 11 is 0. The van der Waals surface area contributed by atoms with Crippen LogP contribution in [0.25, 0.3) is 0 Å². The fraction of sp³-hybridized carbons (Fsp3) is 0.929. The number of unbranched alkanes of at least 4 members (excludes halogenated alkanes) is 1. The van der Waals surface area contributed by atoms with E-state index >= 15 is 0 Å². The molecule has 0 radical (unpaired) electrons. The summed E-state index contributed by atoms with van der Waals surface area (Å²) in [5.41, 5.74) is 0. The molecule has 0 spiro atoms. The normalized spacial score (nSPS) is 16.8. The van der Waals surface area contributed by atoms with E-state index in [-0.39, 0.29) is 12.6 Å². The van der Waals surface area contributed by atoms with Crippen LogP contribution in [0.5, 0.6) is 0 Å². The van der Waals surface area contributed by atoms with Gasteiger partial charge >= 0.3 is 12.2 Å². The van der Waals surface area contributed by atoms with Gasteiger partial charge in [0.2, 0.25) is 0 Å². The van der Waals surface area contributed by atoms with Crippen molar-refractivity contribution in [3.63, 3.8) is 0 Å². The van der Waals surface area contributed by atoms with Crippen molar-refractivity contribution in [2.24, 2.45) is 0 Å². The number of urea groups is 1. The number of carbonyl (C=O) groups excluding carboxylic acids is 1. The van der Waals surface area contributed by atoms with Gasteiger partial charge in [-0.05, 0) is 12.8 Å². The Kier molecular flexibility index (Phi) is 8.55. The van der Waals surface area contributed by atoms with Crippen LogP contribution in [0.3, 0.4) is 0 Å². The molecule has 22 heavy (non-hydrogen) atoms. The largest absolute Gasteiger partial charge is 0.411 e. The summed E-state index contributed by atoms with van der Waals surface area (Å²) in [6.07, 6.45) is -1.66. The lowest BCUT2D eigenvalue weighted by molar-refractivity contribution is -0.174. The molecular formula is C14H26F3N3O2. The van der Waals surface area contributed by atoms with Gasteiger partial charge in [0.25, 0.3) is 0 Å². The fourth-order valence-corrected chi connectivity index (χ4v) is 2.24. The molecule has 0 aromatic rings. The van der Waals surface area contributed by atoms with Crippen LogP contribution >= 0.6 is 0 Å². The number of ether oxygens (including phenoxy) is 1. The molecule has 1 fully saturated rings. The van der Waals surface area contributed by atoms with Crippen molar-refractivity contribution in [2.45, 2.75) is 32.4 Å². The lowest BCUT2D eigenvalue weighted by atomic mass is 10.3. The van der Waals surface area contributed by atoms with Crippen LogP contribution in [-0.2, 0) is 4.74 Å². The van der Waals surface area contributed by atoms with Crippen molar-refractivity contribution in [2.75, 3.05) is 52.5 Å². The number of nitrogens with zero attached hydrogens (tertiary/aromatic N) is 2. The van der Waals surface area contributed by atoms with Gasteiger partial charge in [0.1, 0.15) is 6.61 Å². The molecule has 1 heterocycles. The minimum atomic E-state index is -4.25. The first kappa shape index (κ1) is 19.0. The van der Waals surface area contributed by atoms with Crippen LogP contribution in [0, 0.1) is 0 Å². The third kappa shape index (κ3) is 8.43. The lowest BCUT2D eigenvalue weighted by Gasteiger charge is -2.34. The predicted octanol–water partition coefficient (Wildman–Crippen LogP) is 2.08. The standard InChI is InChI=1S/C14H26F3N3O2/c1-2-3-5-18-13(21)20-9-7-19(8-10-20)6-4-11-22-12-14(15,16)17/h2-12H2,1H3,(H,18,21). The monoisotopic (exact) mass is 325 g/mol. The van der Waals surface area contributed by atoms with E-state index in [1.807, 2.05) is 0 Å². The first-order valence-electron chi connectivity index (χ1n) is 7.82. The van der Waals surface area contributed by atoms with E-state index in [1.54, 1.807) is 4.90 Å². The van der Waals surface area contributed by atoms with E-state index in [4.69, 9.17) is 0 Å². The zero-order valence-electron chi connectivity index (χ0n) is 13.1. The number of amides is 2. The molecule has 1 aliphatic heterocycles. The molecule has 1 saturated heterocycles. The van der Waals surface area contributed by atoms with Crippen molar-refractivity contribution >= 4 is 6.03 Å². The number of rotatable bonds is 8. The van der Waals surface area contributed by atoms with E-state index in [0.717, 1.165) is 25.9 Å². The van der Waals surface area contributed by atoms with Gasteiger partial charge in [0.15, 0.2) is 0 Å². The average Bonchev–Trinajstić information content (AvgIpc) is 2.46. The van der Waals surface area contributed by atoms with Gasteiger partial charge in [0, 0.05) is 45.9 Å². The van der Waals surface area contributed by atoms with Gasteiger partial charge < -0.3 is 15.0 Å². The van der Waals surface area contributed by atoms with Gasteiger partial charge in [-0.15, -0.1) is 0 Å². The van der Waals surface area contributed by atoms with E-state index in [1.165, 1.54) is 0 Å². The van der Waals surface area contributed by atoms with Crippen LogP contribution in [-0.4, -0.2) is 74.5 Å². The van der Waals surface area contributed by atoms with Gasteiger partial charge in [-0.1, -0.05) is 13.3 Å². The number of hydrogen-bond acceptors (Lipinski definition) is 3. The molecular weight excluding hydrogens is 299 g/mol. The van der Waals surface area contributed by atoms with Crippen LogP contribution in [0.2, 0.25) is 0 Å². The molecule has 2 amide bonds. The van der Waals surface area contributed by atoms with Gasteiger partial charge in [-0.25, -0.2) is 4.79 Å². The summed E-state index contributed by atoms with van der Waals surface area (Å²) in [5, 5.41) is 2.88. The smallest absolute Gasteiger partial charge is 0.372 e. The Balaban J connectivity index is 2.06. The maximum atomic E-state index is 11.9. The van der Waals surface area contributed by atoms with Crippen molar-refractivity contribution in [1.29, 1.82) is 0 Å². The van der Waals surface area contributed by atoms with Gasteiger partial charge in [-0.3, -0.25) is 4.90 Å². The average molecular weight is 325 g/mol. The quantitative estimate of drug-likeness (QED) is 0.695. The maximum Gasteiger partial charge on any atom is 0.411 e. The fourth-order valence-electron chi connectivity index (χ4n) is 2.24. The Labute approximate surface area is 129 Å². The second-order valence-electron chi connectivity index (χ2n) is 5.44. The van der Waals surface area contributed by atoms with Crippen LogP contribution < -0.4 is 5.32 Å². The number of nitrogens with one attached hydrogen (secondary N) is 1. The number of piperazine rings is 1. The highest BCUT2D eigenvalue weighted by atomic mass is 19.4. The summed E-state index contributed by atoms with van der Waals surface area (Å²) in [7, 11) is 0. The molecule has 130 valence electrons. The molecule has 0 atom stereocenters. The zero-order chi connectivity index (χ0) is 16.4. The van der Waals surface area contributed by atoms with Crippen LogP contribution in [0.15, 0.2) is 0 Å². The van der Waals surface area contributed by atoms with Crippen molar-refractivity contribution in [3.8, 4) is 0 Å². The summed E-state index contributed by atoms with van der Waals surface area (Å²) in [6.45, 7) is 5.21. The highest BCUT2D eigenvalue weighted by molar-refractivity contribution is 5.74. The molecule has 1 aliphatic rings. The highest BCUT2D eigenvalue weighted by Crippen LogP contribution is 2.14. The number of alkyl halides is 3. The Morgan fingerprint density at radius 3 is 2.45 bits per heavy atom. The summed E-state index contributed by atoms with van der Waals surface area (Å²) in [6, 6.07) is -0.0263. The van der Waals surface area contributed by atoms with Crippen molar-refractivity contribution in [1.82, 2.24) is 15.1 Å². The van der Waals surface area contributed by atoms with Gasteiger partial charge in [0.05, 0.1) is 0 Å². The maximum absolute atomic E-state index is 11.9. The Morgan fingerprint density at radius 2 is 1.86 bits per heavy atom. The molecule has 0 unspecified atom stereocenters. The molecule has 0 aliphatic carbocycles. The molecule has 1 N–H and O–H groups in total. The van der Waals surface area contributed by atoms with Crippen LogP contribution in [0.1, 0.15) is 26.2 Å². The van der Waals surface area contributed by atoms with Crippen LogP contribution in [0.4, 0.5) is 18.0 Å². The van der Waals surface area contributed by atoms with Gasteiger partial charge in [-0.2, -0.15) is 13.2 Å². The summed E-state index contributed by atoms with van der Waals surface area (Å²) < 4.78 is 40.2. The topological polar surface area (TPSA) is 44.8 Å². The SMILES string of the molecule is CCCCNC(=O)N1CCN(CCCOCC(F)(F)F)CC1. The molecule has 8 heteroatoms. The second-order valence-corrected chi connectivity index (χ2v) is 5.44. The summed E-state index contributed by atoms with van der Waals surface area (Å²) in [5.74, 6) is 0. The highest BCUT2D eigenvalue weighted by Gasteiger charge is 2.27. The second kappa shape index (κ2) is 9.89. The molecule has 0 saturated carbocycles. The van der Waals surface area contributed by atoms with Crippen molar-refractivity contribution < 1.29 is 22.7 Å². The zero-order valence-corrected chi connectivity index (χ0v) is 13.1. The third-order valence-corrected chi connectivity index (χ3v) is 3.49. The van der Waals surface area contributed by atoms with E-state index in [9.17, 15) is 18.0 Å². The lowest BCUT2D eigenvalue weighted by Crippen LogP contribution is -2.52. The number of halogens is 3. The molecule has 1 rings (SSSR count). The Hall–Kier alpha value is -1.02. The number of hydrogen-bond donors (Lipinski definition) is 1. The number of carbonyl (C=O) groups is 1. The molecule has 0 aromatic carbocycles. The van der Waals surface area contributed by atoms with E-state index in [2.05, 4.69) is 21.9 Å². The van der Waals surface area contributed by atoms with E-state index < -0.39 is 12.8 Å². The molecule has 0 aromatic heterocycles. The van der Waals surface area contributed by atoms with Crippen molar-refractivity contribution in [3.05, 3.63) is 0 Å². The first-order chi connectivity index (χ1) is 10.4. The predicted molar refractivity (Wildman–Crippen MR) is 77.8 cm³/mol. The van der Waals surface area contributed by atoms with E-state index in [0.29, 0.717) is 32.6 Å².